The quantitative estimate of drug-likeness (QED) is 0.135. The molecule has 20 aromatic carbocycles. The molecule has 0 radical (unpaired) electrons. The minimum atomic E-state index is 0.634. The summed E-state index contributed by atoms with van der Waals surface area (Å²) in [4.78, 5) is 50.1. The Balaban J connectivity index is 0.000000102. The van der Waals surface area contributed by atoms with E-state index >= 15 is 0 Å². The Morgan fingerprint density at radius 3 is 0.912 bits per heavy atom. The van der Waals surface area contributed by atoms with Gasteiger partial charge in [-0.3, -0.25) is 24.1 Å². The summed E-state index contributed by atoms with van der Waals surface area (Å²) < 4.78 is 6.87. The molecule has 0 bridgehead atoms. The molecule has 3 aliphatic rings. The highest BCUT2D eigenvalue weighted by Crippen LogP contribution is 2.57. The normalized spacial score (nSPS) is 11.9. The van der Waals surface area contributed by atoms with Gasteiger partial charge in [-0.25, -0.2) is 34.9 Å². The van der Waals surface area contributed by atoms with Gasteiger partial charge in [0, 0.05) is 153 Å². The fraction of sp³-hybridized carbons (Fsp3) is 0. The maximum atomic E-state index is 5.41. The first-order chi connectivity index (χ1) is 73.0. The molecule has 13 nitrogen and oxygen atoms in total. The van der Waals surface area contributed by atoms with E-state index in [4.69, 9.17) is 39.9 Å². The van der Waals surface area contributed by atoms with Crippen LogP contribution in [0.25, 0.3) is 305 Å². The summed E-state index contributed by atoms with van der Waals surface area (Å²) in [6.07, 6.45) is 11.8. The maximum Gasteiger partial charge on any atom is 0.235 e. The molecule has 9 heterocycles. The molecule has 680 valence electrons. The summed E-state index contributed by atoms with van der Waals surface area (Å²) in [5.74, 6) is 3.24. The summed E-state index contributed by atoms with van der Waals surface area (Å²) >= 11 is 0. The minimum Gasteiger partial charge on any atom is -0.309 e. The number of para-hydroxylation sites is 4. The zero-order chi connectivity index (χ0) is 96.4. The molecule has 147 heavy (non-hydrogen) atoms. The van der Waals surface area contributed by atoms with Gasteiger partial charge >= 0.3 is 0 Å². The van der Waals surface area contributed by atoms with Gasteiger partial charge in [-0.2, -0.15) is 0 Å². The van der Waals surface area contributed by atoms with Crippen LogP contribution in [0.5, 0.6) is 0 Å². The van der Waals surface area contributed by atoms with Crippen LogP contribution in [0, 0.1) is 0 Å². The van der Waals surface area contributed by atoms with Crippen LogP contribution in [-0.4, -0.2) is 63.5 Å². The largest absolute Gasteiger partial charge is 0.309 e. The predicted octanol–water partition coefficient (Wildman–Crippen LogP) is 33.5. The number of aromatic nitrogens is 13. The van der Waals surface area contributed by atoms with Crippen molar-refractivity contribution < 1.29 is 0 Å². The molecule has 9 aromatic heterocycles. The van der Waals surface area contributed by atoms with Crippen LogP contribution >= 0.6 is 0 Å². The standard InChI is InChI=1S/C48H29N5.C45H26N4.C41H24N4/c1-3-11-31(12-4-1)46-50-47(32-13-5-2-6-14-32)52-48(51-46)33-21-23-34(24-22-33)53-41-20-8-7-17-39(41)45-42(53)26-25-38-37-19-10-16-30-15-9-18-36(43(30)37)35-27-28-49-29-40(35)44(38)45;1-2-11-29(12-3-1)43-36-21-20-27-10-4-5-15-30(27)44(36)48-45(47-43)49-38-19-7-6-16-35(38)42-39(49)23-22-34-33-18-9-14-28-13-8-17-32(40(28)33)31-24-25-46-26-37(31)41(34)42;1-2-10-26(11-3-1)40-31-14-4-6-18-34(31)43-41(44-40)45-35-19-7-5-15-32(35)39-36(45)21-20-30-29-17-9-13-25-12-8-16-28(37(25)29)27-22-23-42-24-33(27)38(30)39/h1-29H;1-26H;1-24H. The monoisotopic (exact) mass is 1870 g/mol. The second-order valence-corrected chi connectivity index (χ2v) is 37.9. The van der Waals surface area contributed by atoms with Crippen LogP contribution in [-0.2, 0) is 0 Å². The van der Waals surface area contributed by atoms with E-state index in [-0.39, 0.29) is 0 Å². The third kappa shape index (κ3) is 13.0. The lowest BCUT2D eigenvalue weighted by Crippen LogP contribution is -2.04. The smallest absolute Gasteiger partial charge is 0.235 e. The van der Waals surface area contributed by atoms with Crippen molar-refractivity contribution in [2.45, 2.75) is 0 Å². The number of nitrogens with zero attached hydrogens (tertiary/aromatic N) is 13. The SMILES string of the molecule is c1ccc(-c2nc(-c3ccccc3)nc(-c3ccc(-n4c5ccccc5c5c6c(ccc54)-c4cccc5cccc(c45)-c4ccncc4-6)cc3)n2)cc1.c1ccc(-c2nc(-n3c4ccccc4c4c5c(ccc43)-c3cccc4cccc(c34)-c3ccncc3-5)nc3c2ccc2ccccc23)cc1.c1ccc(-c2nc(-n3c4ccccc4c4c5c(ccc43)-c3cccc4cccc(c34)-c3ccncc3-5)nc3ccccc23)cc1. The Labute approximate surface area is 842 Å². The Morgan fingerprint density at radius 2 is 0.490 bits per heavy atom. The molecule has 0 atom stereocenters. The lowest BCUT2D eigenvalue weighted by atomic mass is 9.91. The summed E-state index contributed by atoms with van der Waals surface area (Å²) in [6, 6.07) is 157. The summed E-state index contributed by atoms with van der Waals surface area (Å²) in [5, 5.41) is 19.0. The van der Waals surface area contributed by atoms with Crippen LogP contribution in [0.3, 0.4) is 0 Å². The van der Waals surface area contributed by atoms with E-state index in [0.717, 1.165) is 138 Å². The lowest BCUT2D eigenvalue weighted by molar-refractivity contribution is 1.01. The third-order valence-electron chi connectivity index (χ3n) is 30.0. The molecule has 32 rings (SSSR count). The molecule has 29 aromatic rings. The van der Waals surface area contributed by atoms with Crippen molar-refractivity contribution >= 4 is 130 Å². The van der Waals surface area contributed by atoms with Crippen molar-refractivity contribution in [2.75, 3.05) is 0 Å². The third-order valence-corrected chi connectivity index (χ3v) is 30.0. The molecule has 3 aliphatic carbocycles. The van der Waals surface area contributed by atoms with Gasteiger partial charge in [0.05, 0.1) is 55.5 Å². The van der Waals surface area contributed by atoms with Gasteiger partial charge in [0.15, 0.2) is 17.5 Å². The van der Waals surface area contributed by atoms with Crippen molar-refractivity contribution in [3.8, 4) is 174 Å². The average molecular weight is 1870 g/mol. The van der Waals surface area contributed by atoms with E-state index in [0.29, 0.717) is 29.4 Å². The molecule has 0 saturated carbocycles. The fourth-order valence-corrected chi connectivity index (χ4v) is 23.7. The summed E-state index contributed by atoms with van der Waals surface area (Å²) in [5.41, 5.74) is 37.9. The molecule has 0 N–H and O–H groups in total. The zero-order valence-electron chi connectivity index (χ0n) is 78.9. The van der Waals surface area contributed by atoms with Crippen LogP contribution in [0.2, 0.25) is 0 Å². The topological polar surface area (TPSA) is 144 Å². The highest BCUT2D eigenvalue weighted by molar-refractivity contribution is 6.28. The van der Waals surface area contributed by atoms with Gasteiger partial charge in [-0.1, -0.05) is 352 Å². The van der Waals surface area contributed by atoms with Crippen LogP contribution in [0.4, 0.5) is 0 Å². The Hall–Kier alpha value is -20.0. The lowest BCUT2D eigenvalue weighted by Gasteiger charge is -2.15. The number of fused-ring (bicyclic) bond motifs is 31. The molecule has 0 spiro atoms. The molecular formula is C134H79N13. The first-order valence-electron chi connectivity index (χ1n) is 49.6. The zero-order valence-corrected chi connectivity index (χ0v) is 78.9. The number of hydrogen-bond acceptors (Lipinski definition) is 10. The average Bonchev–Trinajstić information content (AvgIpc) is 1.56. The highest BCUT2D eigenvalue weighted by Gasteiger charge is 2.33. The van der Waals surface area contributed by atoms with Gasteiger partial charge in [-0.05, 0) is 195 Å². The predicted molar refractivity (Wildman–Crippen MR) is 602 cm³/mol. The van der Waals surface area contributed by atoms with E-state index in [1.165, 1.54) is 137 Å². The fourth-order valence-electron chi connectivity index (χ4n) is 23.7. The Bertz CT molecular complexity index is 10500. The van der Waals surface area contributed by atoms with Crippen molar-refractivity contribution in [1.82, 2.24) is 63.5 Å². The summed E-state index contributed by atoms with van der Waals surface area (Å²) in [6.45, 7) is 0. The molecule has 13 heteroatoms. The first kappa shape index (κ1) is 82.8. The molecular weight excluding hydrogens is 1790 g/mol. The van der Waals surface area contributed by atoms with Gasteiger partial charge in [0.2, 0.25) is 11.9 Å². The van der Waals surface area contributed by atoms with Crippen molar-refractivity contribution in [1.29, 1.82) is 0 Å². The van der Waals surface area contributed by atoms with Crippen molar-refractivity contribution in [3.63, 3.8) is 0 Å². The van der Waals surface area contributed by atoms with E-state index in [9.17, 15) is 0 Å². The van der Waals surface area contributed by atoms with Gasteiger partial charge in [0.25, 0.3) is 0 Å². The Kier molecular flexibility index (Phi) is 18.8. The number of benzene rings is 20. The highest BCUT2D eigenvalue weighted by atomic mass is 15.2. The number of pyridine rings is 3. The minimum absolute atomic E-state index is 0.634. The molecule has 0 aliphatic heterocycles. The molecule has 0 fully saturated rings. The second-order valence-electron chi connectivity index (χ2n) is 37.9. The van der Waals surface area contributed by atoms with Gasteiger partial charge in [-0.15, -0.1) is 0 Å². The number of rotatable bonds is 8. The summed E-state index contributed by atoms with van der Waals surface area (Å²) in [7, 11) is 0. The van der Waals surface area contributed by atoms with E-state index in [2.05, 4.69) is 388 Å². The molecule has 0 unspecified atom stereocenters. The molecule has 0 amide bonds. The van der Waals surface area contributed by atoms with E-state index in [1.54, 1.807) is 0 Å². The Morgan fingerprint density at radius 1 is 0.163 bits per heavy atom. The van der Waals surface area contributed by atoms with Crippen LogP contribution in [0.1, 0.15) is 0 Å². The molecule has 0 saturated heterocycles. The number of hydrogen-bond donors (Lipinski definition) is 0. The maximum absolute atomic E-state index is 5.41. The van der Waals surface area contributed by atoms with E-state index in [1.807, 2.05) is 116 Å². The van der Waals surface area contributed by atoms with Crippen molar-refractivity contribution in [2.24, 2.45) is 0 Å². The van der Waals surface area contributed by atoms with Gasteiger partial charge in [0.1, 0.15) is 0 Å². The van der Waals surface area contributed by atoms with Crippen LogP contribution < -0.4 is 0 Å². The van der Waals surface area contributed by atoms with Crippen molar-refractivity contribution in [3.05, 3.63) is 480 Å². The first-order valence-corrected chi connectivity index (χ1v) is 49.6. The van der Waals surface area contributed by atoms with Gasteiger partial charge < -0.3 is 4.57 Å². The van der Waals surface area contributed by atoms with Crippen LogP contribution in [0.15, 0.2) is 480 Å². The van der Waals surface area contributed by atoms with E-state index < -0.39 is 0 Å². The second kappa shape index (κ2) is 33.3.